The summed E-state index contributed by atoms with van der Waals surface area (Å²) in [4.78, 5) is 4.22. The van der Waals surface area contributed by atoms with Gasteiger partial charge in [-0.05, 0) is 22.0 Å². The molecule has 0 fully saturated rings. The second kappa shape index (κ2) is 3.43. The summed E-state index contributed by atoms with van der Waals surface area (Å²) in [5.74, 6) is 0. The molecule has 0 aliphatic heterocycles. The minimum Gasteiger partial charge on any atom is -0.380 e. The zero-order valence-corrected chi connectivity index (χ0v) is 8.65. The van der Waals surface area contributed by atoms with Gasteiger partial charge in [0.15, 0.2) is 5.65 Å². The van der Waals surface area contributed by atoms with Crippen molar-refractivity contribution in [3.05, 3.63) is 28.6 Å². The summed E-state index contributed by atoms with van der Waals surface area (Å²) < 4.78 is 7.36. The molecule has 2 heterocycles. The maximum atomic E-state index is 5.05. The summed E-state index contributed by atoms with van der Waals surface area (Å²) in [5.41, 5.74) is 1.86. The fourth-order valence-corrected chi connectivity index (χ4v) is 1.54. The second-order valence-electron chi connectivity index (χ2n) is 2.62. The van der Waals surface area contributed by atoms with Gasteiger partial charge in [-0.1, -0.05) is 6.07 Å². The van der Waals surface area contributed by atoms with E-state index in [0.717, 1.165) is 11.2 Å². The second-order valence-corrected chi connectivity index (χ2v) is 3.32. The van der Waals surface area contributed by atoms with Crippen LogP contribution in [0.25, 0.3) is 5.65 Å². The van der Waals surface area contributed by atoms with Crippen LogP contribution in [0.2, 0.25) is 0 Å². The lowest BCUT2D eigenvalue weighted by Gasteiger charge is -1.99. The third-order valence-electron chi connectivity index (χ3n) is 1.72. The Hall–Kier alpha value is -0.940. The highest BCUT2D eigenvalue weighted by Crippen LogP contribution is 2.12. The van der Waals surface area contributed by atoms with Gasteiger partial charge in [-0.25, -0.2) is 9.50 Å². The lowest BCUT2D eigenvalue weighted by Crippen LogP contribution is -1.94. The van der Waals surface area contributed by atoms with Gasteiger partial charge in [0.2, 0.25) is 4.73 Å². The Bertz CT molecular complexity index is 426. The van der Waals surface area contributed by atoms with Gasteiger partial charge < -0.3 is 4.74 Å². The Morgan fingerprint density at radius 3 is 3.23 bits per heavy atom. The van der Waals surface area contributed by atoms with Gasteiger partial charge in [-0.15, -0.1) is 5.10 Å². The molecule has 0 N–H and O–H groups in total. The van der Waals surface area contributed by atoms with Gasteiger partial charge in [-0.2, -0.15) is 0 Å². The molecule has 0 unspecified atom stereocenters. The molecule has 0 aromatic carbocycles. The number of nitrogens with zero attached hydrogens (tertiary/aromatic N) is 3. The van der Waals surface area contributed by atoms with E-state index in [9.17, 15) is 0 Å². The summed E-state index contributed by atoms with van der Waals surface area (Å²) in [5, 5.41) is 4.12. The summed E-state index contributed by atoms with van der Waals surface area (Å²) >= 11 is 3.23. The highest BCUT2D eigenvalue weighted by molar-refractivity contribution is 9.10. The van der Waals surface area contributed by atoms with Crippen LogP contribution in [0, 0.1) is 0 Å². The maximum Gasteiger partial charge on any atom is 0.218 e. The average molecular weight is 242 g/mol. The predicted molar refractivity (Wildman–Crippen MR) is 51.4 cm³/mol. The molecule has 0 saturated carbocycles. The molecule has 0 radical (unpaired) electrons. The number of pyridine rings is 1. The molecule has 0 amide bonds. The molecule has 2 aromatic rings. The van der Waals surface area contributed by atoms with Crippen LogP contribution < -0.4 is 0 Å². The Labute approximate surface area is 83.7 Å². The zero-order valence-electron chi connectivity index (χ0n) is 7.07. The van der Waals surface area contributed by atoms with Crippen molar-refractivity contribution in [1.29, 1.82) is 0 Å². The van der Waals surface area contributed by atoms with Crippen molar-refractivity contribution in [2.45, 2.75) is 6.61 Å². The van der Waals surface area contributed by atoms with Crippen molar-refractivity contribution in [1.82, 2.24) is 14.6 Å². The molecule has 0 atom stereocenters. The van der Waals surface area contributed by atoms with E-state index in [4.69, 9.17) is 4.74 Å². The fourth-order valence-electron chi connectivity index (χ4n) is 1.20. The molecule has 4 nitrogen and oxygen atoms in total. The van der Waals surface area contributed by atoms with Gasteiger partial charge in [0.1, 0.15) is 0 Å². The van der Waals surface area contributed by atoms with E-state index < -0.39 is 0 Å². The van der Waals surface area contributed by atoms with Crippen LogP contribution >= 0.6 is 15.9 Å². The molecule has 2 rings (SSSR count). The van der Waals surface area contributed by atoms with Gasteiger partial charge in [0.25, 0.3) is 0 Å². The maximum absolute atomic E-state index is 5.05. The minimum atomic E-state index is 0.551. The average Bonchev–Trinajstić information content (AvgIpc) is 2.47. The monoisotopic (exact) mass is 241 g/mol. The van der Waals surface area contributed by atoms with Gasteiger partial charge >= 0.3 is 0 Å². The predicted octanol–water partition coefficient (Wildman–Crippen LogP) is 1.64. The Kier molecular flexibility index (Phi) is 2.28. The summed E-state index contributed by atoms with van der Waals surface area (Å²) in [6.45, 7) is 0.551. The Morgan fingerprint density at radius 2 is 2.46 bits per heavy atom. The first-order valence-corrected chi connectivity index (χ1v) is 4.59. The van der Waals surface area contributed by atoms with Gasteiger partial charge in [0, 0.05) is 18.9 Å². The quantitative estimate of drug-likeness (QED) is 0.803. The third-order valence-corrected chi connectivity index (χ3v) is 2.05. The highest BCUT2D eigenvalue weighted by atomic mass is 79.9. The highest BCUT2D eigenvalue weighted by Gasteiger charge is 2.04. The van der Waals surface area contributed by atoms with Gasteiger partial charge in [0.05, 0.1) is 6.61 Å². The van der Waals surface area contributed by atoms with Crippen LogP contribution in [-0.2, 0) is 11.3 Å². The van der Waals surface area contributed by atoms with Crippen LogP contribution in [0.15, 0.2) is 23.1 Å². The number of rotatable bonds is 2. The first-order valence-electron chi connectivity index (χ1n) is 3.80. The molecule has 0 saturated heterocycles. The molecule has 2 aromatic heterocycles. The topological polar surface area (TPSA) is 39.4 Å². The summed E-state index contributed by atoms with van der Waals surface area (Å²) in [6.07, 6.45) is 1.85. The number of fused-ring (bicyclic) bond motifs is 1. The number of hydrogen-bond acceptors (Lipinski definition) is 3. The zero-order chi connectivity index (χ0) is 9.26. The molecule has 0 spiro atoms. The Morgan fingerprint density at radius 1 is 1.62 bits per heavy atom. The van der Waals surface area contributed by atoms with E-state index >= 15 is 0 Å². The molecule has 68 valence electrons. The lowest BCUT2D eigenvalue weighted by atomic mass is 10.3. The minimum absolute atomic E-state index is 0.551. The van der Waals surface area contributed by atoms with Crippen molar-refractivity contribution < 1.29 is 4.74 Å². The van der Waals surface area contributed by atoms with Gasteiger partial charge in [-0.3, -0.25) is 0 Å². The number of halogens is 1. The molecular weight excluding hydrogens is 234 g/mol. The van der Waals surface area contributed by atoms with E-state index in [1.165, 1.54) is 0 Å². The standard InChI is InChI=1S/C8H8BrN3O/c1-13-5-6-3-2-4-12-7(6)10-8(9)11-12/h2-4H,5H2,1H3. The van der Waals surface area contributed by atoms with E-state index in [0.29, 0.717) is 11.3 Å². The molecule has 0 aliphatic carbocycles. The van der Waals surface area contributed by atoms with Crippen LogP contribution in [0.1, 0.15) is 5.56 Å². The molecular formula is C8H8BrN3O. The molecule has 0 aliphatic rings. The van der Waals surface area contributed by atoms with Crippen LogP contribution in [0.5, 0.6) is 0 Å². The van der Waals surface area contributed by atoms with Crippen LogP contribution in [-0.4, -0.2) is 21.7 Å². The van der Waals surface area contributed by atoms with Crippen molar-refractivity contribution in [2.75, 3.05) is 7.11 Å². The normalized spacial score (nSPS) is 10.9. The fraction of sp³-hybridized carbons (Fsp3) is 0.250. The number of hydrogen-bond donors (Lipinski definition) is 0. The Balaban J connectivity index is 2.60. The van der Waals surface area contributed by atoms with Crippen molar-refractivity contribution in [3.8, 4) is 0 Å². The van der Waals surface area contributed by atoms with Crippen LogP contribution in [0.3, 0.4) is 0 Å². The molecule has 13 heavy (non-hydrogen) atoms. The largest absolute Gasteiger partial charge is 0.380 e. The molecule has 5 heteroatoms. The number of methoxy groups -OCH3 is 1. The summed E-state index contributed by atoms with van der Waals surface area (Å²) in [6, 6.07) is 3.89. The molecule has 0 bridgehead atoms. The van der Waals surface area contributed by atoms with Crippen molar-refractivity contribution in [2.24, 2.45) is 0 Å². The smallest absolute Gasteiger partial charge is 0.218 e. The summed E-state index contributed by atoms with van der Waals surface area (Å²) in [7, 11) is 1.66. The van der Waals surface area contributed by atoms with Crippen molar-refractivity contribution >= 4 is 21.6 Å². The van der Waals surface area contributed by atoms with E-state index in [1.807, 2.05) is 18.3 Å². The van der Waals surface area contributed by atoms with Crippen molar-refractivity contribution in [3.63, 3.8) is 0 Å². The number of ether oxygens (including phenoxy) is 1. The lowest BCUT2D eigenvalue weighted by molar-refractivity contribution is 0.185. The van der Waals surface area contributed by atoms with E-state index in [2.05, 4.69) is 26.0 Å². The van der Waals surface area contributed by atoms with E-state index in [-0.39, 0.29) is 0 Å². The SMILES string of the molecule is COCc1cccn2nc(Br)nc12. The van der Waals surface area contributed by atoms with Crippen LogP contribution in [0.4, 0.5) is 0 Å². The number of aromatic nitrogens is 3. The van der Waals surface area contributed by atoms with E-state index in [1.54, 1.807) is 11.6 Å². The first-order chi connectivity index (χ1) is 6.31. The third kappa shape index (κ3) is 1.57. The first kappa shape index (κ1) is 8.65.